The summed E-state index contributed by atoms with van der Waals surface area (Å²) in [4.78, 5) is 18.7. The maximum Gasteiger partial charge on any atom is 0.322 e. The number of hydrogen-bond donors (Lipinski definition) is 1. The molecule has 3 rings (SSSR count). The highest BCUT2D eigenvalue weighted by atomic mass is 32.1. The van der Waals surface area contributed by atoms with Crippen LogP contribution < -0.4 is 5.32 Å². The number of aryl methyl sites for hydroxylation is 1. The average Bonchev–Trinajstić information content (AvgIpc) is 2.99. The summed E-state index contributed by atoms with van der Waals surface area (Å²) in [5.41, 5.74) is 2.94. The van der Waals surface area contributed by atoms with Crippen molar-refractivity contribution >= 4 is 33.3 Å². The maximum absolute atomic E-state index is 12.4. The van der Waals surface area contributed by atoms with Crippen LogP contribution in [0.25, 0.3) is 10.2 Å². The van der Waals surface area contributed by atoms with Crippen LogP contribution in [0.5, 0.6) is 0 Å². The van der Waals surface area contributed by atoms with Crippen molar-refractivity contribution in [2.24, 2.45) is 0 Å². The summed E-state index contributed by atoms with van der Waals surface area (Å²) in [6.45, 7) is 4.01. The topological polar surface area (TPSA) is 45.2 Å². The zero-order valence-electron chi connectivity index (χ0n) is 13.4. The van der Waals surface area contributed by atoms with Crippen LogP contribution in [-0.4, -0.2) is 23.0 Å². The van der Waals surface area contributed by atoms with Gasteiger partial charge in [0.05, 0.1) is 16.3 Å². The van der Waals surface area contributed by atoms with E-state index in [-0.39, 0.29) is 12.1 Å². The number of aromatic nitrogens is 1. The van der Waals surface area contributed by atoms with Crippen molar-refractivity contribution in [2.45, 2.75) is 19.9 Å². The molecule has 1 aromatic heterocycles. The molecule has 0 fully saturated rings. The number of carbonyl (C=O) groups excluding carboxylic acids is 1. The number of benzene rings is 2. The maximum atomic E-state index is 12.4. The SMILES string of the molecule is Cc1ccc(NC(=O)N(C)C(C)c2nc3ccccc3s2)cc1. The van der Waals surface area contributed by atoms with Gasteiger partial charge in [-0.05, 0) is 38.1 Å². The third-order valence-corrected chi connectivity index (χ3v) is 5.08. The Morgan fingerprint density at radius 3 is 2.57 bits per heavy atom. The van der Waals surface area contributed by atoms with E-state index in [9.17, 15) is 4.79 Å². The molecule has 1 unspecified atom stereocenters. The van der Waals surface area contributed by atoms with Gasteiger partial charge in [-0.25, -0.2) is 9.78 Å². The van der Waals surface area contributed by atoms with Crippen LogP contribution in [-0.2, 0) is 0 Å². The van der Waals surface area contributed by atoms with Crippen molar-refractivity contribution < 1.29 is 4.79 Å². The minimum absolute atomic E-state index is 0.0853. The standard InChI is InChI=1S/C18H19N3OS/c1-12-8-10-14(11-9-12)19-18(22)21(3)13(2)17-20-15-6-4-5-7-16(15)23-17/h4-11,13H,1-3H3,(H,19,22). The number of nitrogens with zero attached hydrogens (tertiary/aromatic N) is 2. The van der Waals surface area contributed by atoms with Crippen LogP contribution in [0.15, 0.2) is 48.5 Å². The van der Waals surface area contributed by atoms with Gasteiger partial charge < -0.3 is 10.2 Å². The van der Waals surface area contributed by atoms with E-state index in [2.05, 4.69) is 16.4 Å². The largest absolute Gasteiger partial charge is 0.322 e. The Morgan fingerprint density at radius 1 is 1.17 bits per heavy atom. The fraction of sp³-hybridized carbons (Fsp3) is 0.222. The van der Waals surface area contributed by atoms with Crippen molar-refractivity contribution in [1.29, 1.82) is 0 Å². The summed E-state index contributed by atoms with van der Waals surface area (Å²) < 4.78 is 1.14. The Morgan fingerprint density at radius 2 is 1.87 bits per heavy atom. The number of fused-ring (bicyclic) bond motifs is 1. The minimum atomic E-state index is -0.138. The van der Waals surface area contributed by atoms with Gasteiger partial charge in [0.2, 0.25) is 0 Å². The van der Waals surface area contributed by atoms with E-state index in [0.29, 0.717) is 0 Å². The van der Waals surface area contributed by atoms with Gasteiger partial charge in [0.25, 0.3) is 0 Å². The van der Waals surface area contributed by atoms with Gasteiger partial charge >= 0.3 is 6.03 Å². The highest BCUT2D eigenvalue weighted by Gasteiger charge is 2.20. The molecular weight excluding hydrogens is 306 g/mol. The lowest BCUT2D eigenvalue weighted by Gasteiger charge is -2.23. The third-order valence-electron chi connectivity index (χ3n) is 3.87. The number of urea groups is 1. The lowest BCUT2D eigenvalue weighted by Crippen LogP contribution is -2.33. The molecule has 118 valence electrons. The predicted molar refractivity (Wildman–Crippen MR) is 96.0 cm³/mol. The molecule has 0 bridgehead atoms. The summed E-state index contributed by atoms with van der Waals surface area (Å²) >= 11 is 1.63. The van der Waals surface area contributed by atoms with Gasteiger partial charge in [-0.1, -0.05) is 29.8 Å². The van der Waals surface area contributed by atoms with E-state index < -0.39 is 0 Å². The predicted octanol–water partition coefficient (Wildman–Crippen LogP) is 4.83. The second kappa shape index (κ2) is 6.38. The summed E-state index contributed by atoms with van der Waals surface area (Å²) in [7, 11) is 1.79. The molecule has 1 N–H and O–H groups in total. The molecular formula is C18H19N3OS. The molecule has 1 atom stereocenters. The monoisotopic (exact) mass is 325 g/mol. The molecule has 0 aliphatic heterocycles. The zero-order chi connectivity index (χ0) is 16.4. The zero-order valence-corrected chi connectivity index (χ0v) is 14.2. The van der Waals surface area contributed by atoms with Crippen LogP contribution in [0, 0.1) is 6.92 Å². The fourth-order valence-electron chi connectivity index (χ4n) is 2.26. The molecule has 0 spiro atoms. The molecule has 2 aromatic carbocycles. The first-order valence-electron chi connectivity index (χ1n) is 7.50. The lowest BCUT2D eigenvalue weighted by molar-refractivity contribution is 0.208. The molecule has 23 heavy (non-hydrogen) atoms. The number of carbonyl (C=O) groups is 1. The minimum Gasteiger partial charge on any atom is -0.318 e. The van der Waals surface area contributed by atoms with Gasteiger partial charge in [-0.3, -0.25) is 0 Å². The first-order chi connectivity index (χ1) is 11.0. The van der Waals surface area contributed by atoms with Crippen LogP contribution in [0.3, 0.4) is 0 Å². The number of anilines is 1. The van der Waals surface area contributed by atoms with E-state index in [0.717, 1.165) is 20.9 Å². The number of hydrogen-bond acceptors (Lipinski definition) is 3. The highest BCUT2D eigenvalue weighted by molar-refractivity contribution is 7.18. The van der Waals surface area contributed by atoms with E-state index >= 15 is 0 Å². The van der Waals surface area contributed by atoms with E-state index in [1.54, 1.807) is 23.3 Å². The van der Waals surface area contributed by atoms with Crippen LogP contribution in [0.4, 0.5) is 10.5 Å². The first kappa shape index (κ1) is 15.5. The van der Waals surface area contributed by atoms with E-state index in [1.807, 2.05) is 56.3 Å². The second-order valence-corrected chi connectivity index (χ2v) is 6.67. The second-order valence-electron chi connectivity index (χ2n) is 5.60. The number of nitrogens with one attached hydrogen (secondary N) is 1. The van der Waals surface area contributed by atoms with Gasteiger partial charge in [0.1, 0.15) is 5.01 Å². The molecule has 1 heterocycles. The van der Waals surface area contributed by atoms with Crippen LogP contribution >= 0.6 is 11.3 Å². The summed E-state index contributed by atoms with van der Waals surface area (Å²) in [6.07, 6.45) is 0. The molecule has 0 radical (unpaired) electrons. The quantitative estimate of drug-likeness (QED) is 0.749. The Hall–Kier alpha value is -2.40. The Balaban J connectivity index is 1.74. The molecule has 0 saturated heterocycles. The van der Waals surface area contributed by atoms with Gasteiger partial charge in [-0.15, -0.1) is 11.3 Å². The normalized spacial score (nSPS) is 12.1. The smallest absolute Gasteiger partial charge is 0.318 e. The third kappa shape index (κ3) is 3.35. The first-order valence-corrected chi connectivity index (χ1v) is 8.32. The molecule has 0 aliphatic rings. The average molecular weight is 325 g/mol. The fourth-order valence-corrected chi connectivity index (χ4v) is 3.32. The van der Waals surface area contributed by atoms with Crippen molar-refractivity contribution in [3.8, 4) is 0 Å². The number of thiazole rings is 1. The molecule has 4 nitrogen and oxygen atoms in total. The van der Waals surface area contributed by atoms with Gasteiger partial charge in [-0.2, -0.15) is 0 Å². The van der Waals surface area contributed by atoms with Crippen molar-refractivity contribution in [2.75, 3.05) is 12.4 Å². The Kier molecular flexibility index (Phi) is 4.30. The molecule has 3 aromatic rings. The number of rotatable bonds is 3. The molecule has 0 aliphatic carbocycles. The molecule has 0 saturated carbocycles. The Bertz CT molecular complexity index is 793. The van der Waals surface area contributed by atoms with Crippen molar-refractivity contribution in [3.63, 3.8) is 0 Å². The Labute approximate surface area is 139 Å². The summed E-state index contributed by atoms with van der Waals surface area (Å²) in [5, 5.41) is 3.85. The van der Waals surface area contributed by atoms with Crippen molar-refractivity contribution in [1.82, 2.24) is 9.88 Å². The summed E-state index contributed by atoms with van der Waals surface area (Å²) in [6, 6.07) is 15.6. The number of amides is 2. The van der Waals surface area contributed by atoms with E-state index in [1.165, 1.54) is 5.56 Å². The van der Waals surface area contributed by atoms with E-state index in [4.69, 9.17) is 0 Å². The van der Waals surface area contributed by atoms with Crippen LogP contribution in [0.2, 0.25) is 0 Å². The van der Waals surface area contributed by atoms with Crippen molar-refractivity contribution in [3.05, 3.63) is 59.1 Å². The highest BCUT2D eigenvalue weighted by Crippen LogP contribution is 2.29. The number of para-hydroxylation sites is 1. The molecule has 2 amide bonds. The van der Waals surface area contributed by atoms with Crippen LogP contribution in [0.1, 0.15) is 23.5 Å². The van der Waals surface area contributed by atoms with Gasteiger partial charge in [0.15, 0.2) is 0 Å². The lowest BCUT2D eigenvalue weighted by atomic mass is 10.2. The molecule has 5 heteroatoms. The van der Waals surface area contributed by atoms with Gasteiger partial charge in [0, 0.05) is 12.7 Å². The summed E-state index contributed by atoms with van der Waals surface area (Å²) in [5.74, 6) is 0.